The molecular weight excluding hydrogens is 663 g/mol. The Morgan fingerprint density at radius 1 is 0.353 bits per heavy atom. The standard InChI is InChI=1S/C45H25N3OS2/c1-2-10-26(11-3-1)43-46-44(28-20-22-31-30-12-4-6-17-37(30)51-40(31)25-28)48-45(47-43)33-15-8-16-36-41(33)34-24-27(21-23-35(34)49-36)29-14-9-19-39-42(29)32-13-5-7-18-38(32)50-39/h1-25H. The number of thiophene rings is 2. The van der Waals surface area contributed by atoms with Gasteiger partial charge in [-0.25, -0.2) is 15.0 Å². The number of rotatable bonds is 4. The van der Waals surface area contributed by atoms with Crippen LogP contribution in [0.1, 0.15) is 0 Å². The Kier molecular flexibility index (Phi) is 6.26. The zero-order valence-corrected chi connectivity index (χ0v) is 28.6. The van der Waals surface area contributed by atoms with E-state index in [4.69, 9.17) is 19.4 Å². The smallest absolute Gasteiger partial charge is 0.164 e. The highest BCUT2D eigenvalue weighted by atomic mass is 32.1. The van der Waals surface area contributed by atoms with Crippen LogP contribution in [0.25, 0.3) is 108 Å². The van der Waals surface area contributed by atoms with Gasteiger partial charge < -0.3 is 4.42 Å². The molecule has 0 spiro atoms. The molecule has 0 bridgehead atoms. The van der Waals surface area contributed by atoms with Gasteiger partial charge in [0.2, 0.25) is 0 Å². The first kappa shape index (κ1) is 28.6. The molecule has 0 aliphatic rings. The fourth-order valence-corrected chi connectivity index (χ4v) is 9.68. The van der Waals surface area contributed by atoms with E-state index >= 15 is 0 Å². The lowest BCUT2D eigenvalue weighted by Crippen LogP contribution is -2.00. The van der Waals surface area contributed by atoms with Crippen LogP contribution in [0.2, 0.25) is 0 Å². The number of aromatic nitrogens is 3. The Balaban J connectivity index is 1.13. The lowest BCUT2D eigenvalue weighted by molar-refractivity contribution is 0.669. The van der Waals surface area contributed by atoms with Crippen LogP contribution in [0.3, 0.4) is 0 Å². The molecule has 7 aromatic carbocycles. The Hall–Kier alpha value is -6.21. The van der Waals surface area contributed by atoms with Crippen LogP contribution in [0.5, 0.6) is 0 Å². The number of hydrogen-bond donors (Lipinski definition) is 0. The number of hydrogen-bond acceptors (Lipinski definition) is 6. The van der Waals surface area contributed by atoms with Crippen molar-refractivity contribution in [3.63, 3.8) is 0 Å². The van der Waals surface area contributed by atoms with Gasteiger partial charge in [0.1, 0.15) is 11.2 Å². The molecule has 0 saturated heterocycles. The molecule has 0 aliphatic carbocycles. The zero-order valence-electron chi connectivity index (χ0n) is 27.0. The maximum atomic E-state index is 6.49. The summed E-state index contributed by atoms with van der Waals surface area (Å²) in [6.45, 7) is 0. The minimum atomic E-state index is 0.611. The van der Waals surface area contributed by atoms with Gasteiger partial charge in [-0.15, -0.1) is 22.7 Å². The number of benzene rings is 7. The summed E-state index contributed by atoms with van der Waals surface area (Å²) < 4.78 is 11.5. The van der Waals surface area contributed by atoms with Crippen LogP contribution in [0.15, 0.2) is 156 Å². The van der Waals surface area contributed by atoms with Crippen molar-refractivity contribution in [2.24, 2.45) is 0 Å². The molecule has 0 N–H and O–H groups in total. The van der Waals surface area contributed by atoms with Crippen molar-refractivity contribution in [1.82, 2.24) is 15.0 Å². The summed E-state index contributed by atoms with van der Waals surface area (Å²) in [5, 5.41) is 7.11. The van der Waals surface area contributed by atoms with Crippen LogP contribution < -0.4 is 0 Å². The fourth-order valence-electron chi connectivity index (χ4n) is 7.40. The topological polar surface area (TPSA) is 51.8 Å². The summed E-state index contributed by atoms with van der Waals surface area (Å²) in [6.07, 6.45) is 0. The molecule has 0 saturated carbocycles. The zero-order chi connectivity index (χ0) is 33.5. The van der Waals surface area contributed by atoms with Gasteiger partial charge in [-0.2, -0.15) is 0 Å². The molecule has 0 amide bonds. The summed E-state index contributed by atoms with van der Waals surface area (Å²) in [6, 6.07) is 53.2. The lowest BCUT2D eigenvalue weighted by Gasteiger charge is -2.10. The average molecular weight is 688 g/mol. The molecule has 0 aliphatic heterocycles. The van der Waals surface area contributed by atoms with E-state index in [1.54, 1.807) is 11.3 Å². The van der Waals surface area contributed by atoms with Gasteiger partial charge in [-0.05, 0) is 53.6 Å². The first-order valence-electron chi connectivity index (χ1n) is 16.8. The van der Waals surface area contributed by atoms with Crippen LogP contribution in [0.4, 0.5) is 0 Å². The van der Waals surface area contributed by atoms with Crippen molar-refractivity contribution < 1.29 is 4.42 Å². The monoisotopic (exact) mass is 687 g/mol. The second-order valence-electron chi connectivity index (χ2n) is 12.8. The number of nitrogens with zero attached hydrogens (tertiary/aromatic N) is 3. The largest absolute Gasteiger partial charge is 0.456 e. The highest BCUT2D eigenvalue weighted by Crippen LogP contribution is 2.43. The molecule has 0 atom stereocenters. The van der Waals surface area contributed by atoms with E-state index in [-0.39, 0.29) is 0 Å². The van der Waals surface area contributed by atoms with Gasteiger partial charge in [0.05, 0.1) is 0 Å². The van der Waals surface area contributed by atoms with Crippen molar-refractivity contribution >= 4 is 85.0 Å². The van der Waals surface area contributed by atoms with Crippen LogP contribution >= 0.6 is 22.7 Å². The molecule has 11 aromatic rings. The summed E-state index contributed by atoms with van der Waals surface area (Å²) in [7, 11) is 0. The van der Waals surface area contributed by atoms with E-state index < -0.39 is 0 Å². The van der Waals surface area contributed by atoms with Crippen LogP contribution in [-0.4, -0.2) is 15.0 Å². The summed E-state index contributed by atoms with van der Waals surface area (Å²) in [5.41, 5.74) is 6.79. The quantitative estimate of drug-likeness (QED) is 0.185. The second-order valence-corrected chi connectivity index (χ2v) is 14.9. The van der Waals surface area contributed by atoms with E-state index in [0.29, 0.717) is 17.5 Å². The summed E-state index contributed by atoms with van der Waals surface area (Å²) in [4.78, 5) is 15.4. The predicted octanol–water partition coefficient (Wildman–Crippen LogP) is 13.2. The Labute approximate surface area is 299 Å². The fraction of sp³-hybridized carbons (Fsp3) is 0. The highest BCUT2D eigenvalue weighted by Gasteiger charge is 2.20. The van der Waals surface area contributed by atoms with E-state index in [2.05, 4.69) is 109 Å². The maximum Gasteiger partial charge on any atom is 0.164 e. The Morgan fingerprint density at radius 2 is 1.00 bits per heavy atom. The van der Waals surface area contributed by atoms with Gasteiger partial charge >= 0.3 is 0 Å². The van der Waals surface area contributed by atoms with Gasteiger partial charge in [0.15, 0.2) is 17.5 Å². The van der Waals surface area contributed by atoms with E-state index in [1.165, 1.54) is 45.9 Å². The lowest BCUT2D eigenvalue weighted by atomic mass is 9.97. The number of fused-ring (bicyclic) bond motifs is 9. The Morgan fingerprint density at radius 3 is 1.88 bits per heavy atom. The van der Waals surface area contributed by atoms with Crippen molar-refractivity contribution in [3.05, 3.63) is 152 Å². The normalized spacial score (nSPS) is 11.9. The third-order valence-electron chi connectivity index (χ3n) is 9.75. The van der Waals surface area contributed by atoms with Gasteiger partial charge in [-0.1, -0.05) is 109 Å². The van der Waals surface area contributed by atoms with E-state index in [0.717, 1.165) is 44.2 Å². The first-order valence-corrected chi connectivity index (χ1v) is 18.5. The molecule has 4 aromatic heterocycles. The van der Waals surface area contributed by atoms with Gasteiger partial charge in [0, 0.05) is 67.8 Å². The molecule has 238 valence electrons. The van der Waals surface area contributed by atoms with Gasteiger partial charge in [0.25, 0.3) is 0 Å². The van der Waals surface area contributed by atoms with Crippen molar-refractivity contribution in [3.8, 4) is 45.3 Å². The number of furan rings is 1. The summed E-state index contributed by atoms with van der Waals surface area (Å²) in [5.74, 6) is 1.88. The van der Waals surface area contributed by atoms with Crippen molar-refractivity contribution in [2.45, 2.75) is 0 Å². The molecule has 0 fully saturated rings. The van der Waals surface area contributed by atoms with Crippen molar-refractivity contribution in [1.29, 1.82) is 0 Å². The summed E-state index contributed by atoms with van der Waals surface area (Å²) >= 11 is 3.63. The Bertz CT molecular complexity index is 3160. The SMILES string of the molecule is c1ccc(-c2nc(-c3ccc4c(c3)sc3ccccc34)nc(-c3cccc4oc5ccc(-c6cccc7sc8ccccc8c67)cc5c34)n2)cc1. The van der Waals surface area contributed by atoms with Crippen molar-refractivity contribution in [2.75, 3.05) is 0 Å². The molecular formula is C45H25N3OS2. The minimum Gasteiger partial charge on any atom is -0.456 e. The van der Waals surface area contributed by atoms with Crippen LogP contribution in [0, 0.1) is 0 Å². The van der Waals surface area contributed by atoms with E-state index in [9.17, 15) is 0 Å². The molecule has 4 nitrogen and oxygen atoms in total. The van der Waals surface area contributed by atoms with E-state index in [1.807, 2.05) is 53.8 Å². The average Bonchev–Trinajstić information content (AvgIpc) is 3.88. The van der Waals surface area contributed by atoms with Crippen LogP contribution in [-0.2, 0) is 0 Å². The second kappa shape index (κ2) is 11.2. The van der Waals surface area contributed by atoms with Gasteiger partial charge in [-0.3, -0.25) is 0 Å². The molecule has 4 heterocycles. The molecule has 0 unspecified atom stereocenters. The molecule has 11 rings (SSSR count). The first-order chi connectivity index (χ1) is 25.2. The molecule has 6 heteroatoms. The third kappa shape index (κ3) is 4.54. The minimum absolute atomic E-state index is 0.611. The predicted molar refractivity (Wildman–Crippen MR) is 215 cm³/mol. The third-order valence-corrected chi connectivity index (χ3v) is 12.0. The molecule has 0 radical (unpaired) electrons. The maximum absolute atomic E-state index is 6.49. The highest BCUT2D eigenvalue weighted by molar-refractivity contribution is 7.26. The molecule has 51 heavy (non-hydrogen) atoms.